The molecule has 0 saturated carbocycles. The first-order valence-corrected chi connectivity index (χ1v) is 5.55. The molecular formula is C6H13NO4S. The zero-order valence-corrected chi connectivity index (χ0v) is 7.66. The van der Waals surface area contributed by atoms with Crippen LogP contribution >= 0.6 is 0 Å². The van der Waals surface area contributed by atoms with Crippen molar-refractivity contribution in [1.29, 1.82) is 0 Å². The minimum Gasteiger partial charge on any atom is -0.395 e. The van der Waals surface area contributed by atoms with Gasteiger partial charge in [-0.1, -0.05) is 0 Å². The molecule has 2 atom stereocenters. The third kappa shape index (κ3) is 1.95. The Kier molecular flexibility index (Phi) is 2.72. The minimum absolute atomic E-state index is 0.101. The van der Waals surface area contributed by atoms with Gasteiger partial charge >= 0.3 is 0 Å². The van der Waals surface area contributed by atoms with Gasteiger partial charge in [0.25, 0.3) is 0 Å². The Balaban J connectivity index is 2.78. The fraction of sp³-hybridized carbons (Fsp3) is 1.00. The second-order valence-electron chi connectivity index (χ2n) is 3.06. The highest BCUT2D eigenvalue weighted by molar-refractivity contribution is 7.88. The van der Waals surface area contributed by atoms with Crippen molar-refractivity contribution in [2.45, 2.75) is 18.6 Å². The Bertz CT molecular complexity index is 250. The molecule has 0 aromatic carbocycles. The zero-order valence-electron chi connectivity index (χ0n) is 6.84. The molecule has 0 aromatic heterocycles. The molecule has 1 aliphatic heterocycles. The summed E-state index contributed by atoms with van der Waals surface area (Å²) in [5.74, 6) is 0. The van der Waals surface area contributed by atoms with Crippen LogP contribution in [0.2, 0.25) is 0 Å². The highest BCUT2D eigenvalue weighted by Gasteiger charge is 2.35. The second kappa shape index (κ2) is 3.29. The lowest BCUT2D eigenvalue weighted by atomic mass is 10.2. The van der Waals surface area contributed by atoms with Crippen LogP contribution in [-0.4, -0.2) is 54.5 Å². The molecule has 1 aliphatic rings. The third-order valence-corrected chi connectivity index (χ3v) is 3.28. The standard InChI is InChI=1S/C6H13NO4S/c1-12(10,11)7-3-6(9)2-5(7)4-8/h5-6,8-9H,2-4H2,1H3/t5-,6+/m1/s1. The molecule has 6 heteroatoms. The summed E-state index contributed by atoms with van der Waals surface area (Å²) in [6, 6.07) is -0.449. The molecule has 1 heterocycles. The molecule has 0 unspecified atom stereocenters. The average molecular weight is 195 g/mol. The predicted octanol–water partition coefficient (Wildman–Crippen LogP) is -1.63. The highest BCUT2D eigenvalue weighted by atomic mass is 32.2. The maximum absolute atomic E-state index is 11.1. The van der Waals surface area contributed by atoms with Gasteiger partial charge in [0.2, 0.25) is 10.0 Å². The molecule has 0 bridgehead atoms. The minimum atomic E-state index is -3.28. The lowest BCUT2D eigenvalue weighted by Crippen LogP contribution is -2.37. The summed E-state index contributed by atoms with van der Waals surface area (Å²) in [5.41, 5.74) is 0. The summed E-state index contributed by atoms with van der Waals surface area (Å²) in [7, 11) is -3.28. The maximum Gasteiger partial charge on any atom is 0.211 e. The summed E-state index contributed by atoms with van der Waals surface area (Å²) < 4.78 is 23.2. The van der Waals surface area contributed by atoms with Crippen molar-refractivity contribution >= 4 is 10.0 Å². The van der Waals surface area contributed by atoms with Crippen LogP contribution in [0.5, 0.6) is 0 Å². The van der Waals surface area contributed by atoms with E-state index < -0.39 is 22.2 Å². The van der Waals surface area contributed by atoms with Crippen molar-refractivity contribution in [3.8, 4) is 0 Å². The van der Waals surface area contributed by atoms with E-state index in [1.165, 1.54) is 0 Å². The molecular weight excluding hydrogens is 182 g/mol. The number of sulfonamides is 1. The van der Waals surface area contributed by atoms with Crippen molar-refractivity contribution in [3.63, 3.8) is 0 Å². The van der Waals surface area contributed by atoms with E-state index in [0.29, 0.717) is 6.42 Å². The largest absolute Gasteiger partial charge is 0.395 e. The molecule has 0 amide bonds. The lowest BCUT2D eigenvalue weighted by Gasteiger charge is -2.18. The van der Waals surface area contributed by atoms with E-state index in [1.54, 1.807) is 0 Å². The first kappa shape index (κ1) is 9.91. The van der Waals surface area contributed by atoms with E-state index in [2.05, 4.69) is 0 Å². The summed E-state index contributed by atoms with van der Waals surface area (Å²) >= 11 is 0. The SMILES string of the molecule is CS(=O)(=O)N1C[C@@H](O)C[C@@H]1CO. The topological polar surface area (TPSA) is 77.8 Å². The molecule has 1 rings (SSSR count). The Morgan fingerprint density at radius 2 is 2.17 bits per heavy atom. The van der Waals surface area contributed by atoms with Gasteiger partial charge in [-0.05, 0) is 6.42 Å². The van der Waals surface area contributed by atoms with Gasteiger partial charge in [-0.2, -0.15) is 4.31 Å². The van der Waals surface area contributed by atoms with Gasteiger partial charge in [0.05, 0.1) is 25.0 Å². The number of rotatable bonds is 2. The summed E-state index contributed by atoms with van der Waals surface area (Å²) in [5, 5.41) is 17.9. The molecule has 0 radical (unpaired) electrons. The quantitative estimate of drug-likeness (QED) is 0.555. The van der Waals surface area contributed by atoms with Crippen molar-refractivity contribution in [1.82, 2.24) is 4.31 Å². The van der Waals surface area contributed by atoms with Crippen LogP contribution in [0.3, 0.4) is 0 Å². The molecule has 5 nitrogen and oxygen atoms in total. The molecule has 0 spiro atoms. The highest BCUT2D eigenvalue weighted by Crippen LogP contribution is 2.19. The zero-order chi connectivity index (χ0) is 9.35. The Morgan fingerprint density at radius 1 is 1.58 bits per heavy atom. The first-order chi connectivity index (χ1) is 5.45. The van der Waals surface area contributed by atoms with Gasteiger partial charge in [0.1, 0.15) is 0 Å². The molecule has 12 heavy (non-hydrogen) atoms. The van der Waals surface area contributed by atoms with Crippen molar-refractivity contribution < 1.29 is 18.6 Å². The fourth-order valence-electron chi connectivity index (χ4n) is 1.43. The Morgan fingerprint density at radius 3 is 2.50 bits per heavy atom. The summed E-state index contributed by atoms with van der Waals surface area (Å²) in [6.07, 6.45) is 0.758. The smallest absolute Gasteiger partial charge is 0.211 e. The van der Waals surface area contributed by atoms with Gasteiger partial charge in [-0.25, -0.2) is 8.42 Å². The van der Waals surface area contributed by atoms with Crippen LogP contribution in [0.15, 0.2) is 0 Å². The van der Waals surface area contributed by atoms with Crippen molar-refractivity contribution in [2.75, 3.05) is 19.4 Å². The van der Waals surface area contributed by atoms with Crippen LogP contribution < -0.4 is 0 Å². The van der Waals surface area contributed by atoms with E-state index in [1.807, 2.05) is 0 Å². The monoisotopic (exact) mass is 195 g/mol. The number of hydrogen-bond acceptors (Lipinski definition) is 4. The number of β-amino-alcohol motifs (C(OH)–C–C–N with tert-alkyl or cyclic N) is 1. The molecule has 0 aliphatic carbocycles. The molecule has 0 aromatic rings. The molecule has 1 saturated heterocycles. The van der Waals surface area contributed by atoms with Crippen LogP contribution in [0.4, 0.5) is 0 Å². The fourth-order valence-corrected chi connectivity index (χ4v) is 2.57. The molecule has 1 fully saturated rings. The van der Waals surface area contributed by atoms with Gasteiger partial charge in [-0.15, -0.1) is 0 Å². The van der Waals surface area contributed by atoms with Crippen LogP contribution in [-0.2, 0) is 10.0 Å². The summed E-state index contributed by atoms with van der Waals surface area (Å²) in [4.78, 5) is 0. The van der Waals surface area contributed by atoms with Gasteiger partial charge in [0.15, 0.2) is 0 Å². The predicted molar refractivity (Wildman–Crippen MR) is 43.0 cm³/mol. The number of aliphatic hydroxyl groups excluding tert-OH is 2. The number of aliphatic hydroxyl groups is 2. The van der Waals surface area contributed by atoms with E-state index in [4.69, 9.17) is 10.2 Å². The lowest BCUT2D eigenvalue weighted by molar-refractivity contribution is 0.184. The third-order valence-electron chi connectivity index (χ3n) is 1.98. The van der Waals surface area contributed by atoms with E-state index in [0.717, 1.165) is 10.6 Å². The number of hydrogen-bond donors (Lipinski definition) is 2. The average Bonchev–Trinajstić information content (AvgIpc) is 2.29. The van der Waals surface area contributed by atoms with Crippen molar-refractivity contribution in [3.05, 3.63) is 0 Å². The van der Waals surface area contributed by atoms with E-state index >= 15 is 0 Å². The van der Waals surface area contributed by atoms with Crippen LogP contribution in [0.25, 0.3) is 0 Å². The van der Waals surface area contributed by atoms with E-state index in [-0.39, 0.29) is 13.2 Å². The van der Waals surface area contributed by atoms with Crippen molar-refractivity contribution in [2.24, 2.45) is 0 Å². The molecule has 72 valence electrons. The number of nitrogens with zero attached hydrogens (tertiary/aromatic N) is 1. The van der Waals surface area contributed by atoms with Crippen LogP contribution in [0, 0.1) is 0 Å². The maximum atomic E-state index is 11.1. The van der Waals surface area contributed by atoms with Gasteiger partial charge in [0, 0.05) is 6.54 Å². The van der Waals surface area contributed by atoms with E-state index in [9.17, 15) is 8.42 Å². The second-order valence-corrected chi connectivity index (χ2v) is 4.99. The van der Waals surface area contributed by atoms with Gasteiger partial charge < -0.3 is 10.2 Å². The first-order valence-electron chi connectivity index (χ1n) is 3.71. The normalized spacial score (nSPS) is 32.6. The molecule has 2 N–H and O–H groups in total. The Hall–Kier alpha value is -0.170. The van der Waals surface area contributed by atoms with Gasteiger partial charge in [-0.3, -0.25) is 0 Å². The van der Waals surface area contributed by atoms with Crippen LogP contribution in [0.1, 0.15) is 6.42 Å². The Labute approximate surface area is 71.7 Å². The summed E-state index contributed by atoms with van der Waals surface area (Å²) in [6.45, 7) is -0.131.